The van der Waals surface area contributed by atoms with E-state index in [1.165, 1.54) is 59.3 Å². The SMILES string of the molecule is Cc1c(C(=O)NCc2cccc(S(=O)(=O)NCc3cccc(F)c3)c2)nnn1-c1ccc(F)cc1. The molecule has 8 nitrogen and oxygen atoms in total. The van der Waals surface area contributed by atoms with Crippen LogP contribution in [0, 0.1) is 18.6 Å². The van der Waals surface area contributed by atoms with Crippen LogP contribution >= 0.6 is 0 Å². The maximum absolute atomic E-state index is 13.3. The third-order valence-electron chi connectivity index (χ3n) is 5.20. The van der Waals surface area contributed by atoms with Gasteiger partial charge in [0.2, 0.25) is 10.0 Å². The Labute approximate surface area is 200 Å². The smallest absolute Gasteiger partial charge is 0.274 e. The predicted molar refractivity (Wildman–Crippen MR) is 124 cm³/mol. The van der Waals surface area contributed by atoms with Crippen LogP contribution in [0.3, 0.4) is 0 Å². The molecule has 180 valence electrons. The molecule has 0 aliphatic rings. The van der Waals surface area contributed by atoms with E-state index in [2.05, 4.69) is 20.4 Å². The highest BCUT2D eigenvalue weighted by molar-refractivity contribution is 7.89. The monoisotopic (exact) mass is 497 g/mol. The summed E-state index contributed by atoms with van der Waals surface area (Å²) < 4.78 is 55.7. The second-order valence-electron chi connectivity index (χ2n) is 7.70. The first-order valence-corrected chi connectivity index (χ1v) is 12.0. The Bertz CT molecular complexity index is 1470. The second kappa shape index (κ2) is 10.1. The molecule has 4 aromatic rings. The number of carbonyl (C=O) groups excluding carboxylic acids is 1. The lowest BCUT2D eigenvalue weighted by atomic mass is 10.2. The summed E-state index contributed by atoms with van der Waals surface area (Å²) in [6.07, 6.45) is 0. The zero-order chi connectivity index (χ0) is 25.0. The largest absolute Gasteiger partial charge is 0.347 e. The lowest BCUT2D eigenvalue weighted by molar-refractivity contribution is 0.0945. The predicted octanol–water partition coefficient (Wildman–Crippen LogP) is 3.26. The van der Waals surface area contributed by atoms with Gasteiger partial charge >= 0.3 is 0 Å². The highest BCUT2D eigenvalue weighted by Crippen LogP contribution is 2.15. The number of aromatic nitrogens is 3. The van der Waals surface area contributed by atoms with Crippen molar-refractivity contribution in [2.45, 2.75) is 24.9 Å². The molecule has 0 fully saturated rings. The minimum absolute atomic E-state index is 0.0130. The Kier molecular flexibility index (Phi) is 6.99. The maximum atomic E-state index is 13.3. The van der Waals surface area contributed by atoms with Crippen LogP contribution in [0.4, 0.5) is 8.78 Å². The van der Waals surface area contributed by atoms with Gasteiger partial charge in [0.25, 0.3) is 5.91 Å². The van der Waals surface area contributed by atoms with E-state index < -0.39 is 27.6 Å². The summed E-state index contributed by atoms with van der Waals surface area (Å²) in [5.74, 6) is -1.33. The fourth-order valence-corrected chi connectivity index (χ4v) is 4.45. The third-order valence-corrected chi connectivity index (χ3v) is 6.60. The van der Waals surface area contributed by atoms with Crippen molar-refractivity contribution in [3.63, 3.8) is 0 Å². The molecule has 11 heteroatoms. The fourth-order valence-electron chi connectivity index (χ4n) is 3.36. The Hall–Kier alpha value is -3.96. The molecule has 0 saturated carbocycles. The molecule has 0 unspecified atom stereocenters. The van der Waals surface area contributed by atoms with E-state index in [4.69, 9.17) is 0 Å². The van der Waals surface area contributed by atoms with E-state index >= 15 is 0 Å². The molecule has 0 saturated heterocycles. The van der Waals surface area contributed by atoms with Gasteiger partial charge in [-0.15, -0.1) is 5.10 Å². The molecule has 0 bridgehead atoms. The van der Waals surface area contributed by atoms with Crippen LogP contribution in [-0.2, 0) is 23.1 Å². The summed E-state index contributed by atoms with van der Waals surface area (Å²) in [4.78, 5) is 12.7. The van der Waals surface area contributed by atoms with Crippen LogP contribution < -0.4 is 10.0 Å². The quantitative estimate of drug-likeness (QED) is 0.389. The van der Waals surface area contributed by atoms with Gasteiger partial charge in [0.15, 0.2) is 5.69 Å². The van der Waals surface area contributed by atoms with Gasteiger partial charge < -0.3 is 5.32 Å². The summed E-state index contributed by atoms with van der Waals surface area (Å²) in [5.41, 5.74) is 2.15. The standard InChI is InChI=1S/C24H21F2N5O3S/c1-16-23(29-30-31(16)21-10-8-19(25)9-11-21)24(32)27-14-18-5-3-7-22(13-18)35(33,34)28-15-17-4-2-6-20(26)12-17/h2-13,28H,14-15H2,1H3,(H,27,32). The molecule has 0 aliphatic heterocycles. The molecule has 4 rings (SSSR count). The van der Waals surface area contributed by atoms with Gasteiger partial charge in [0.05, 0.1) is 16.3 Å². The van der Waals surface area contributed by atoms with Crippen molar-refractivity contribution in [2.75, 3.05) is 0 Å². The van der Waals surface area contributed by atoms with Gasteiger partial charge in [-0.1, -0.05) is 29.5 Å². The normalized spacial score (nSPS) is 11.4. The van der Waals surface area contributed by atoms with Crippen molar-refractivity contribution in [1.82, 2.24) is 25.0 Å². The number of carbonyl (C=O) groups is 1. The molecule has 3 aromatic carbocycles. The zero-order valence-electron chi connectivity index (χ0n) is 18.6. The van der Waals surface area contributed by atoms with Crippen molar-refractivity contribution in [3.05, 3.63) is 107 Å². The summed E-state index contributed by atoms with van der Waals surface area (Å²) in [6, 6.07) is 17.4. The van der Waals surface area contributed by atoms with Crippen molar-refractivity contribution < 1.29 is 22.0 Å². The molecule has 35 heavy (non-hydrogen) atoms. The molecule has 1 amide bonds. The number of nitrogens with zero attached hydrogens (tertiary/aromatic N) is 3. The first kappa shape index (κ1) is 24.2. The summed E-state index contributed by atoms with van der Waals surface area (Å²) in [7, 11) is -3.86. The summed E-state index contributed by atoms with van der Waals surface area (Å²) in [5, 5.41) is 10.6. The van der Waals surface area contributed by atoms with Gasteiger partial charge in [-0.2, -0.15) is 0 Å². The van der Waals surface area contributed by atoms with E-state index in [0.717, 1.165) is 0 Å². The molecule has 0 radical (unpaired) electrons. The number of rotatable bonds is 8. The second-order valence-corrected chi connectivity index (χ2v) is 9.46. The number of benzene rings is 3. The topological polar surface area (TPSA) is 106 Å². The average molecular weight is 498 g/mol. The molecular weight excluding hydrogens is 476 g/mol. The van der Waals surface area contributed by atoms with Crippen LogP contribution in [0.1, 0.15) is 27.3 Å². The average Bonchev–Trinajstić information content (AvgIpc) is 3.23. The van der Waals surface area contributed by atoms with Crippen molar-refractivity contribution in [3.8, 4) is 5.69 Å². The lowest BCUT2D eigenvalue weighted by Gasteiger charge is -2.09. The Balaban J connectivity index is 1.42. The van der Waals surface area contributed by atoms with E-state index in [1.54, 1.807) is 25.1 Å². The molecule has 0 atom stereocenters. The van der Waals surface area contributed by atoms with Gasteiger partial charge in [-0.05, 0) is 66.6 Å². The van der Waals surface area contributed by atoms with Crippen LogP contribution in [0.2, 0.25) is 0 Å². The van der Waals surface area contributed by atoms with Crippen LogP contribution in [-0.4, -0.2) is 29.3 Å². The Morgan fingerprint density at radius 1 is 0.914 bits per heavy atom. The number of nitrogens with one attached hydrogen (secondary N) is 2. The molecule has 0 spiro atoms. The van der Waals surface area contributed by atoms with Gasteiger partial charge in [-0.25, -0.2) is 26.6 Å². The Morgan fingerprint density at radius 3 is 2.31 bits per heavy atom. The number of halogens is 2. The molecule has 1 aromatic heterocycles. The Morgan fingerprint density at radius 2 is 1.60 bits per heavy atom. The number of hydrogen-bond acceptors (Lipinski definition) is 5. The molecular formula is C24H21F2N5O3S. The van der Waals surface area contributed by atoms with Crippen LogP contribution in [0.25, 0.3) is 5.69 Å². The number of sulfonamides is 1. The summed E-state index contributed by atoms with van der Waals surface area (Å²) >= 11 is 0. The minimum atomic E-state index is -3.86. The van der Waals surface area contributed by atoms with Crippen molar-refractivity contribution in [1.29, 1.82) is 0 Å². The van der Waals surface area contributed by atoms with Gasteiger partial charge in [0, 0.05) is 13.1 Å². The van der Waals surface area contributed by atoms with Crippen molar-refractivity contribution in [2.24, 2.45) is 0 Å². The summed E-state index contributed by atoms with van der Waals surface area (Å²) in [6.45, 7) is 1.65. The number of amides is 1. The highest BCUT2D eigenvalue weighted by Gasteiger charge is 2.18. The molecule has 2 N–H and O–H groups in total. The zero-order valence-corrected chi connectivity index (χ0v) is 19.4. The van der Waals surface area contributed by atoms with Gasteiger partial charge in [-0.3, -0.25) is 4.79 Å². The fraction of sp³-hybridized carbons (Fsp3) is 0.125. The number of hydrogen-bond donors (Lipinski definition) is 2. The third kappa shape index (κ3) is 5.76. The van der Waals surface area contributed by atoms with E-state index in [1.807, 2.05) is 0 Å². The van der Waals surface area contributed by atoms with E-state index in [-0.39, 0.29) is 23.7 Å². The van der Waals surface area contributed by atoms with Gasteiger partial charge in [0.1, 0.15) is 11.6 Å². The first-order valence-electron chi connectivity index (χ1n) is 10.5. The lowest BCUT2D eigenvalue weighted by Crippen LogP contribution is -2.25. The van der Waals surface area contributed by atoms with Crippen molar-refractivity contribution >= 4 is 15.9 Å². The maximum Gasteiger partial charge on any atom is 0.274 e. The first-order chi connectivity index (χ1) is 16.7. The van der Waals surface area contributed by atoms with E-state index in [9.17, 15) is 22.0 Å². The van der Waals surface area contributed by atoms with E-state index in [0.29, 0.717) is 22.5 Å². The van der Waals surface area contributed by atoms with Crippen LogP contribution in [0.15, 0.2) is 77.7 Å². The molecule has 1 heterocycles. The minimum Gasteiger partial charge on any atom is -0.347 e. The highest BCUT2D eigenvalue weighted by atomic mass is 32.2. The molecule has 0 aliphatic carbocycles. The van der Waals surface area contributed by atoms with Crippen LogP contribution in [0.5, 0.6) is 0 Å².